The molecule has 0 aromatic rings. The van der Waals surface area contributed by atoms with Gasteiger partial charge in [0.1, 0.15) is 0 Å². The van der Waals surface area contributed by atoms with Gasteiger partial charge in [-0.3, -0.25) is 4.79 Å². The number of amides is 1. The van der Waals surface area contributed by atoms with Gasteiger partial charge in [0.15, 0.2) is 0 Å². The van der Waals surface area contributed by atoms with Crippen LogP contribution in [0, 0.1) is 11.8 Å². The van der Waals surface area contributed by atoms with Crippen molar-refractivity contribution in [2.45, 2.75) is 31.8 Å². The summed E-state index contributed by atoms with van der Waals surface area (Å²) in [4.78, 5) is 14.7. The van der Waals surface area contributed by atoms with Gasteiger partial charge >= 0.3 is 0 Å². The van der Waals surface area contributed by atoms with Gasteiger partial charge in [-0.05, 0) is 32.7 Å². The summed E-state index contributed by atoms with van der Waals surface area (Å²) in [6.45, 7) is 4.60. The topological polar surface area (TPSA) is 50.8 Å². The van der Waals surface area contributed by atoms with E-state index in [0.29, 0.717) is 38.3 Å². The fraction of sp³-hybridized carbons (Fsp3) is 0.929. The van der Waals surface area contributed by atoms with Crippen molar-refractivity contribution < 1.29 is 14.3 Å². The van der Waals surface area contributed by atoms with Crippen LogP contribution in [0.4, 0.5) is 0 Å². The van der Waals surface area contributed by atoms with E-state index in [9.17, 15) is 4.79 Å². The number of nitrogens with one attached hydrogen (secondary N) is 1. The fourth-order valence-corrected chi connectivity index (χ4v) is 2.83. The van der Waals surface area contributed by atoms with E-state index >= 15 is 0 Å². The first kappa shape index (κ1) is 14.8. The molecule has 1 aliphatic heterocycles. The summed E-state index contributed by atoms with van der Waals surface area (Å²) in [6.07, 6.45) is 2.49. The van der Waals surface area contributed by atoms with E-state index in [4.69, 9.17) is 9.47 Å². The Morgan fingerprint density at radius 3 is 2.79 bits per heavy atom. The van der Waals surface area contributed by atoms with Gasteiger partial charge in [-0.25, -0.2) is 0 Å². The Morgan fingerprint density at radius 2 is 2.21 bits per heavy atom. The van der Waals surface area contributed by atoms with Crippen molar-refractivity contribution >= 4 is 5.91 Å². The molecule has 3 atom stereocenters. The van der Waals surface area contributed by atoms with Crippen LogP contribution in [0.1, 0.15) is 19.8 Å². The van der Waals surface area contributed by atoms with Crippen LogP contribution in [0.3, 0.4) is 0 Å². The van der Waals surface area contributed by atoms with Gasteiger partial charge in [-0.2, -0.15) is 0 Å². The molecule has 1 amide bonds. The van der Waals surface area contributed by atoms with E-state index in [0.717, 1.165) is 0 Å². The Labute approximate surface area is 115 Å². The maximum absolute atomic E-state index is 12.7. The zero-order chi connectivity index (χ0) is 13.8. The highest BCUT2D eigenvalue weighted by Gasteiger charge is 2.40. The van der Waals surface area contributed by atoms with E-state index in [1.54, 1.807) is 7.11 Å². The summed E-state index contributed by atoms with van der Waals surface area (Å²) in [7, 11) is 3.57. The van der Waals surface area contributed by atoms with E-state index in [1.807, 2.05) is 11.9 Å². The van der Waals surface area contributed by atoms with Crippen molar-refractivity contribution in [1.29, 1.82) is 0 Å². The summed E-state index contributed by atoms with van der Waals surface area (Å²) in [6, 6.07) is 0.463. The Balaban J connectivity index is 2.01. The van der Waals surface area contributed by atoms with Crippen LogP contribution in [0.5, 0.6) is 0 Å². The molecule has 0 spiro atoms. The van der Waals surface area contributed by atoms with Gasteiger partial charge in [0.05, 0.1) is 25.7 Å². The molecule has 2 aliphatic rings. The molecule has 1 aliphatic carbocycles. The Bertz CT molecular complexity index is 307. The number of ether oxygens (including phenoxy) is 2. The molecule has 5 nitrogen and oxygen atoms in total. The van der Waals surface area contributed by atoms with E-state index in [2.05, 4.69) is 12.2 Å². The molecule has 0 bridgehead atoms. The van der Waals surface area contributed by atoms with Crippen molar-refractivity contribution in [3.8, 4) is 0 Å². The number of methoxy groups -OCH3 is 1. The van der Waals surface area contributed by atoms with E-state index in [1.165, 1.54) is 12.8 Å². The highest BCUT2D eigenvalue weighted by atomic mass is 16.5. The summed E-state index contributed by atoms with van der Waals surface area (Å²) in [5.74, 6) is 0.840. The Morgan fingerprint density at radius 1 is 1.47 bits per heavy atom. The number of carbonyl (C=O) groups is 1. The second-order valence-electron chi connectivity index (χ2n) is 5.64. The molecular weight excluding hydrogens is 244 g/mol. The first-order valence-corrected chi connectivity index (χ1v) is 7.23. The molecule has 19 heavy (non-hydrogen) atoms. The molecule has 0 radical (unpaired) electrons. The van der Waals surface area contributed by atoms with Gasteiger partial charge in [-0.1, -0.05) is 0 Å². The molecule has 5 heteroatoms. The van der Waals surface area contributed by atoms with E-state index in [-0.39, 0.29) is 17.9 Å². The maximum Gasteiger partial charge on any atom is 0.230 e. The number of likely N-dealkylation sites (N-methyl/N-ethyl adjacent to an activating group) is 1. The lowest BCUT2D eigenvalue weighted by molar-refractivity contribution is -0.139. The predicted molar refractivity (Wildman–Crippen MR) is 72.9 cm³/mol. The normalized spacial score (nSPS) is 28.4. The first-order chi connectivity index (χ1) is 9.19. The molecule has 2 fully saturated rings. The molecule has 1 saturated heterocycles. The van der Waals surface area contributed by atoms with Gasteiger partial charge < -0.3 is 19.7 Å². The third-order valence-corrected chi connectivity index (χ3v) is 4.38. The van der Waals surface area contributed by atoms with Crippen LogP contribution in [-0.2, 0) is 14.3 Å². The lowest BCUT2D eigenvalue weighted by Crippen LogP contribution is -2.49. The molecule has 3 unspecified atom stereocenters. The highest BCUT2D eigenvalue weighted by Crippen LogP contribution is 2.36. The number of hydrogen-bond acceptors (Lipinski definition) is 4. The van der Waals surface area contributed by atoms with Crippen LogP contribution < -0.4 is 5.32 Å². The summed E-state index contributed by atoms with van der Waals surface area (Å²) in [5, 5.41) is 3.19. The molecule has 1 N–H and O–H groups in total. The zero-order valence-electron chi connectivity index (χ0n) is 12.2. The third kappa shape index (κ3) is 3.46. The van der Waals surface area contributed by atoms with Crippen LogP contribution in [0.15, 0.2) is 0 Å². The number of nitrogens with zero attached hydrogens (tertiary/aromatic N) is 1. The van der Waals surface area contributed by atoms with Gasteiger partial charge in [-0.15, -0.1) is 0 Å². The number of carbonyl (C=O) groups excluding carboxylic acids is 1. The monoisotopic (exact) mass is 270 g/mol. The van der Waals surface area contributed by atoms with Crippen molar-refractivity contribution in [2.24, 2.45) is 11.8 Å². The van der Waals surface area contributed by atoms with E-state index < -0.39 is 0 Å². The second kappa shape index (κ2) is 6.68. The second-order valence-corrected chi connectivity index (χ2v) is 5.64. The van der Waals surface area contributed by atoms with Crippen LogP contribution in [0.25, 0.3) is 0 Å². The maximum atomic E-state index is 12.7. The number of hydrogen-bond donors (Lipinski definition) is 1. The van der Waals surface area contributed by atoms with Crippen molar-refractivity contribution in [1.82, 2.24) is 10.2 Å². The molecule has 0 aromatic carbocycles. The van der Waals surface area contributed by atoms with Crippen LogP contribution in [-0.4, -0.2) is 63.4 Å². The van der Waals surface area contributed by atoms with Crippen molar-refractivity contribution in [2.75, 3.05) is 40.5 Å². The average molecular weight is 270 g/mol. The molecular formula is C14H26N2O3. The third-order valence-electron chi connectivity index (χ3n) is 4.38. The molecule has 1 heterocycles. The highest BCUT2D eigenvalue weighted by molar-refractivity contribution is 5.80. The predicted octanol–water partition coefficient (Wildman–Crippen LogP) is 0.494. The standard InChI is InChI=1S/C14H26N2O3/c1-10(11-4-5-11)16(6-7-18-3)14(17)12-8-19-9-13(12)15-2/h10-13,15H,4-9H2,1-3H3. The van der Waals surface area contributed by atoms with Crippen LogP contribution >= 0.6 is 0 Å². The first-order valence-electron chi connectivity index (χ1n) is 7.23. The van der Waals surface area contributed by atoms with Gasteiger partial charge in [0, 0.05) is 25.7 Å². The molecule has 110 valence electrons. The van der Waals surface area contributed by atoms with Crippen molar-refractivity contribution in [3.63, 3.8) is 0 Å². The average Bonchev–Trinajstić information content (AvgIpc) is 3.16. The molecule has 2 rings (SSSR count). The lowest BCUT2D eigenvalue weighted by Gasteiger charge is -2.32. The minimum atomic E-state index is -0.0527. The zero-order valence-corrected chi connectivity index (χ0v) is 12.2. The minimum Gasteiger partial charge on any atom is -0.383 e. The summed E-state index contributed by atoms with van der Waals surface area (Å²) < 4.78 is 10.6. The minimum absolute atomic E-state index is 0.0527. The molecule has 1 saturated carbocycles. The van der Waals surface area contributed by atoms with Crippen molar-refractivity contribution in [3.05, 3.63) is 0 Å². The lowest BCUT2D eigenvalue weighted by atomic mass is 10.0. The molecule has 0 aromatic heterocycles. The van der Waals surface area contributed by atoms with Crippen LogP contribution in [0.2, 0.25) is 0 Å². The Kier molecular flexibility index (Phi) is 5.19. The fourth-order valence-electron chi connectivity index (χ4n) is 2.83. The SMILES string of the molecule is CNC1COCC1C(=O)N(CCOC)C(C)C1CC1. The quantitative estimate of drug-likeness (QED) is 0.732. The smallest absolute Gasteiger partial charge is 0.230 e. The summed E-state index contributed by atoms with van der Waals surface area (Å²) in [5.41, 5.74) is 0. The summed E-state index contributed by atoms with van der Waals surface area (Å²) >= 11 is 0. The van der Waals surface area contributed by atoms with Gasteiger partial charge in [0.2, 0.25) is 5.91 Å². The van der Waals surface area contributed by atoms with Gasteiger partial charge in [0.25, 0.3) is 0 Å². The Hall–Kier alpha value is -0.650. The number of rotatable bonds is 7. The largest absolute Gasteiger partial charge is 0.383 e.